The summed E-state index contributed by atoms with van der Waals surface area (Å²) in [6.45, 7) is 11.0. The number of nitrogens with zero attached hydrogens (tertiary/aromatic N) is 1. The van der Waals surface area contributed by atoms with Crippen molar-refractivity contribution in [1.82, 2.24) is 15.5 Å². The first kappa shape index (κ1) is 15.4. The van der Waals surface area contributed by atoms with Gasteiger partial charge in [-0.3, -0.25) is 9.69 Å². The topological polar surface area (TPSA) is 53.6 Å². The van der Waals surface area contributed by atoms with Gasteiger partial charge in [0.25, 0.3) is 0 Å². The molecular formula is C13H27N3O2. The number of carbonyl (C=O) groups is 1. The van der Waals surface area contributed by atoms with E-state index in [9.17, 15) is 4.79 Å². The summed E-state index contributed by atoms with van der Waals surface area (Å²) in [4.78, 5) is 14.0. The van der Waals surface area contributed by atoms with Crippen molar-refractivity contribution in [3.63, 3.8) is 0 Å². The van der Waals surface area contributed by atoms with Gasteiger partial charge in [-0.2, -0.15) is 0 Å². The molecule has 1 aliphatic heterocycles. The van der Waals surface area contributed by atoms with E-state index in [1.54, 1.807) is 0 Å². The summed E-state index contributed by atoms with van der Waals surface area (Å²) in [6.07, 6.45) is 1.14. The van der Waals surface area contributed by atoms with Crippen LogP contribution in [0.3, 0.4) is 0 Å². The molecule has 1 saturated heterocycles. The Labute approximate surface area is 110 Å². The number of hydrogen-bond acceptors (Lipinski definition) is 4. The summed E-state index contributed by atoms with van der Waals surface area (Å²) >= 11 is 0. The van der Waals surface area contributed by atoms with Crippen molar-refractivity contribution < 1.29 is 9.53 Å². The predicted octanol–water partition coefficient (Wildman–Crippen LogP) is 0.211. The minimum atomic E-state index is 0.119. The van der Waals surface area contributed by atoms with Gasteiger partial charge in [-0.1, -0.05) is 0 Å². The predicted molar refractivity (Wildman–Crippen MR) is 72.6 cm³/mol. The Morgan fingerprint density at radius 1 is 1.56 bits per heavy atom. The van der Waals surface area contributed by atoms with Crippen LogP contribution in [0.4, 0.5) is 0 Å². The maximum Gasteiger partial charge on any atom is 0.234 e. The molecule has 1 heterocycles. The Bertz CT molecular complexity index is 246. The molecule has 1 aliphatic rings. The molecule has 0 aliphatic carbocycles. The summed E-state index contributed by atoms with van der Waals surface area (Å²) in [7, 11) is 0. The van der Waals surface area contributed by atoms with Crippen LogP contribution in [0, 0.1) is 0 Å². The van der Waals surface area contributed by atoms with Gasteiger partial charge < -0.3 is 15.4 Å². The van der Waals surface area contributed by atoms with Crippen LogP contribution in [0.25, 0.3) is 0 Å². The molecule has 0 aromatic carbocycles. The van der Waals surface area contributed by atoms with Crippen LogP contribution in [0.1, 0.15) is 27.2 Å². The molecule has 0 aromatic heterocycles. The van der Waals surface area contributed by atoms with E-state index in [4.69, 9.17) is 4.74 Å². The Balaban J connectivity index is 2.06. The van der Waals surface area contributed by atoms with E-state index < -0.39 is 0 Å². The first-order valence-electron chi connectivity index (χ1n) is 6.92. The van der Waals surface area contributed by atoms with Crippen LogP contribution in [-0.4, -0.2) is 62.3 Å². The molecule has 5 nitrogen and oxygen atoms in total. The van der Waals surface area contributed by atoms with Crippen LogP contribution in [0.2, 0.25) is 0 Å². The first-order valence-corrected chi connectivity index (χ1v) is 6.92. The number of hydrogen-bond donors (Lipinski definition) is 2. The van der Waals surface area contributed by atoms with E-state index >= 15 is 0 Å². The van der Waals surface area contributed by atoms with Crippen LogP contribution < -0.4 is 10.6 Å². The molecule has 5 heteroatoms. The highest BCUT2D eigenvalue weighted by Crippen LogP contribution is 2.01. The van der Waals surface area contributed by atoms with Crippen molar-refractivity contribution in [2.45, 2.75) is 39.3 Å². The number of piperazine rings is 1. The molecule has 1 atom stereocenters. The first-order chi connectivity index (χ1) is 8.59. The third-order valence-electron chi connectivity index (χ3n) is 3.08. The second-order valence-electron chi connectivity index (χ2n) is 5.15. The van der Waals surface area contributed by atoms with Crippen molar-refractivity contribution in [2.24, 2.45) is 0 Å². The lowest BCUT2D eigenvalue weighted by atomic mass is 10.2. The Hall–Kier alpha value is -0.650. The lowest BCUT2D eigenvalue weighted by Crippen LogP contribution is -2.52. The molecule has 2 N–H and O–H groups in total. The molecule has 0 bridgehead atoms. The van der Waals surface area contributed by atoms with Crippen LogP contribution in [0.5, 0.6) is 0 Å². The van der Waals surface area contributed by atoms with Gasteiger partial charge >= 0.3 is 0 Å². The molecule has 0 aromatic rings. The van der Waals surface area contributed by atoms with Crippen LogP contribution >= 0.6 is 0 Å². The molecular weight excluding hydrogens is 230 g/mol. The molecule has 106 valence electrons. The highest BCUT2D eigenvalue weighted by atomic mass is 16.5. The summed E-state index contributed by atoms with van der Waals surface area (Å²) in [6, 6.07) is 0.439. The molecule has 0 saturated carbocycles. The molecule has 0 radical (unpaired) electrons. The van der Waals surface area contributed by atoms with E-state index in [1.165, 1.54) is 0 Å². The van der Waals surface area contributed by atoms with Crippen LogP contribution in [-0.2, 0) is 9.53 Å². The Kier molecular flexibility index (Phi) is 7.23. The van der Waals surface area contributed by atoms with Gasteiger partial charge in [-0.25, -0.2) is 0 Å². The third-order valence-corrected chi connectivity index (χ3v) is 3.08. The highest BCUT2D eigenvalue weighted by molar-refractivity contribution is 5.78. The van der Waals surface area contributed by atoms with Crippen LogP contribution in [0.15, 0.2) is 0 Å². The molecule has 0 spiro atoms. The maximum absolute atomic E-state index is 11.7. The largest absolute Gasteiger partial charge is 0.379 e. The van der Waals surface area contributed by atoms with Gasteiger partial charge in [0, 0.05) is 38.8 Å². The van der Waals surface area contributed by atoms with Gasteiger partial charge in [0.2, 0.25) is 5.91 Å². The standard InChI is InChI=1S/C13H27N3O2/c1-11(2)18-8-4-5-15-13(17)10-16-7-6-14-9-12(16)3/h11-12,14H,4-10H2,1-3H3,(H,15,17). The van der Waals surface area contributed by atoms with Crippen molar-refractivity contribution in [2.75, 3.05) is 39.3 Å². The number of carbonyl (C=O) groups excluding carboxylic acids is 1. The maximum atomic E-state index is 11.7. The Morgan fingerprint density at radius 2 is 2.33 bits per heavy atom. The van der Waals surface area contributed by atoms with Gasteiger partial charge in [-0.15, -0.1) is 0 Å². The minimum absolute atomic E-state index is 0.119. The van der Waals surface area contributed by atoms with E-state index in [0.717, 1.165) is 26.1 Å². The summed E-state index contributed by atoms with van der Waals surface area (Å²) in [5.74, 6) is 0.119. The zero-order valence-corrected chi connectivity index (χ0v) is 11.9. The van der Waals surface area contributed by atoms with Crippen molar-refractivity contribution >= 4 is 5.91 Å². The molecule has 18 heavy (non-hydrogen) atoms. The summed E-state index contributed by atoms with van der Waals surface area (Å²) < 4.78 is 5.42. The number of rotatable bonds is 7. The lowest BCUT2D eigenvalue weighted by molar-refractivity contribution is -0.123. The van der Waals surface area contributed by atoms with E-state index in [-0.39, 0.29) is 12.0 Å². The second kappa shape index (κ2) is 8.45. The number of ether oxygens (including phenoxy) is 1. The zero-order chi connectivity index (χ0) is 13.4. The van der Waals surface area contributed by atoms with Crippen molar-refractivity contribution in [3.05, 3.63) is 0 Å². The molecule has 1 fully saturated rings. The lowest BCUT2D eigenvalue weighted by Gasteiger charge is -2.33. The molecule has 1 rings (SSSR count). The smallest absolute Gasteiger partial charge is 0.234 e. The quantitative estimate of drug-likeness (QED) is 0.640. The summed E-state index contributed by atoms with van der Waals surface area (Å²) in [5, 5.41) is 6.26. The number of amides is 1. The monoisotopic (exact) mass is 257 g/mol. The fourth-order valence-electron chi connectivity index (χ4n) is 1.98. The fraction of sp³-hybridized carbons (Fsp3) is 0.923. The third kappa shape index (κ3) is 6.33. The van der Waals surface area contributed by atoms with Gasteiger partial charge in [0.1, 0.15) is 0 Å². The van der Waals surface area contributed by atoms with E-state index in [1.807, 2.05) is 13.8 Å². The molecule has 1 unspecified atom stereocenters. The second-order valence-corrected chi connectivity index (χ2v) is 5.15. The van der Waals surface area contributed by atoms with Gasteiger partial charge in [0.05, 0.1) is 12.6 Å². The van der Waals surface area contributed by atoms with Gasteiger partial charge in [-0.05, 0) is 27.2 Å². The average molecular weight is 257 g/mol. The number of nitrogens with one attached hydrogen (secondary N) is 2. The summed E-state index contributed by atoms with van der Waals surface area (Å²) in [5.41, 5.74) is 0. The fourth-order valence-corrected chi connectivity index (χ4v) is 1.98. The van der Waals surface area contributed by atoms with E-state index in [2.05, 4.69) is 22.5 Å². The SMILES string of the molecule is CC(C)OCCCNC(=O)CN1CCNCC1C. The van der Waals surface area contributed by atoms with E-state index in [0.29, 0.717) is 25.7 Å². The zero-order valence-electron chi connectivity index (χ0n) is 11.9. The minimum Gasteiger partial charge on any atom is -0.379 e. The molecule has 1 amide bonds. The van der Waals surface area contributed by atoms with Crippen molar-refractivity contribution in [3.8, 4) is 0 Å². The van der Waals surface area contributed by atoms with Gasteiger partial charge in [0.15, 0.2) is 0 Å². The average Bonchev–Trinajstić information content (AvgIpc) is 2.31. The normalized spacial score (nSPS) is 21.2. The Morgan fingerprint density at radius 3 is 3.00 bits per heavy atom. The highest BCUT2D eigenvalue weighted by Gasteiger charge is 2.19. The van der Waals surface area contributed by atoms with Crippen molar-refractivity contribution in [1.29, 1.82) is 0 Å².